The van der Waals surface area contributed by atoms with Gasteiger partial charge in [0.15, 0.2) is 5.41 Å². The Morgan fingerprint density at radius 3 is 1.87 bits per heavy atom. The zero-order chi connectivity index (χ0) is 12.1. The molecule has 15 heavy (non-hydrogen) atoms. The SMILES string of the molecule is CCCCCC(C(=O)O)(C(=O)O)C(C)C. The van der Waals surface area contributed by atoms with Gasteiger partial charge in [0, 0.05) is 0 Å². The Bertz CT molecular complexity index is 219. The second kappa shape index (κ2) is 5.73. The first-order valence-corrected chi connectivity index (χ1v) is 5.36. The Labute approximate surface area is 90.3 Å². The van der Waals surface area contributed by atoms with Crippen molar-refractivity contribution in [3.05, 3.63) is 0 Å². The molecule has 0 radical (unpaired) electrons. The lowest BCUT2D eigenvalue weighted by Crippen LogP contribution is -2.43. The summed E-state index contributed by atoms with van der Waals surface area (Å²) in [6.45, 7) is 5.29. The van der Waals surface area contributed by atoms with Crippen LogP contribution in [0, 0.1) is 11.3 Å². The van der Waals surface area contributed by atoms with E-state index in [1.54, 1.807) is 13.8 Å². The highest BCUT2D eigenvalue weighted by Gasteiger charge is 2.48. The molecule has 88 valence electrons. The van der Waals surface area contributed by atoms with Crippen molar-refractivity contribution < 1.29 is 19.8 Å². The molecule has 0 amide bonds. The number of hydrogen-bond acceptors (Lipinski definition) is 2. The lowest BCUT2D eigenvalue weighted by atomic mass is 9.73. The normalized spacial score (nSPS) is 11.7. The molecule has 0 unspecified atom stereocenters. The molecule has 0 aliphatic carbocycles. The Morgan fingerprint density at radius 2 is 1.60 bits per heavy atom. The van der Waals surface area contributed by atoms with Crippen molar-refractivity contribution in [3.63, 3.8) is 0 Å². The van der Waals surface area contributed by atoms with Gasteiger partial charge in [0.05, 0.1) is 0 Å². The van der Waals surface area contributed by atoms with Gasteiger partial charge in [0.1, 0.15) is 0 Å². The van der Waals surface area contributed by atoms with Gasteiger partial charge in [-0.15, -0.1) is 0 Å². The van der Waals surface area contributed by atoms with Crippen LogP contribution < -0.4 is 0 Å². The van der Waals surface area contributed by atoms with Gasteiger partial charge in [-0.2, -0.15) is 0 Å². The number of carboxylic acids is 2. The Hall–Kier alpha value is -1.06. The molecule has 0 heterocycles. The second-order valence-electron chi connectivity index (χ2n) is 4.19. The summed E-state index contributed by atoms with van der Waals surface area (Å²) < 4.78 is 0. The summed E-state index contributed by atoms with van der Waals surface area (Å²) in [6, 6.07) is 0. The largest absolute Gasteiger partial charge is 0.480 e. The first kappa shape index (κ1) is 13.9. The van der Waals surface area contributed by atoms with E-state index in [4.69, 9.17) is 10.2 Å². The predicted molar refractivity (Wildman–Crippen MR) is 56.7 cm³/mol. The van der Waals surface area contributed by atoms with Gasteiger partial charge < -0.3 is 10.2 Å². The third-order valence-corrected chi connectivity index (χ3v) is 2.92. The van der Waals surface area contributed by atoms with Crippen molar-refractivity contribution in [1.82, 2.24) is 0 Å². The van der Waals surface area contributed by atoms with Gasteiger partial charge >= 0.3 is 11.9 Å². The van der Waals surface area contributed by atoms with Crippen molar-refractivity contribution in [2.24, 2.45) is 11.3 Å². The lowest BCUT2D eigenvalue weighted by Gasteiger charge is -2.28. The highest BCUT2D eigenvalue weighted by molar-refractivity contribution is 5.98. The van der Waals surface area contributed by atoms with Crippen LogP contribution in [0.1, 0.15) is 46.5 Å². The fourth-order valence-electron chi connectivity index (χ4n) is 1.74. The van der Waals surface area contributed by atoms with Crippen LogP contribution in [0.25, 0.3) is 0 Å². The van der Waals surface area contributed by atoms with Crippen LogP contribution in [0.4, 0.5) is 0 Å². The molecular formula is C11H20O4. The topological polar surface area (TPSA) is 74.6 Å². The molecule has 0 aromatic heterocycles. The molecule has 0 aromatic carbocycles. The minimum atomic E-state index is -1.62. The minimum Gasteiger partial charge on any atom is -0.480 e. The molecule has 0 aliphatic heterocycles. The van der Waals surface area contributed by atoms with E-state index in [1.807, 2.05) is 6.92 Å². The van der Waals surface area contributed by atoms with Crippen LogP contribution in [0.2, 0.25) is 0 Å². The highest BCUT2D eigenvalue weighted by Crippen LogP contribution is 2.34. The smallest absolute Gasteiger partial charge is 0.321 e. The lowest BCUT2D eigenvalue weighted by molar-refractivity contribution is -0.169. The van der Waals surface area contributed by atoms with Crippen LogP contribution in [-0.4, -0.2) is 22.2 Å². The van der Waals surface area contributed by atoms with E-state index in [-0.39, 0.29) is 6.42 Å². The van der Waals surface area contributed by atoms with Crippen LogP contribution >= 0.6 is 0 Å². The third kappa shape index (κ3) is 2.94. The van der Waals surface area contributed by atoms with Gasteiger partial charge in [-0.25, -0.2) is 0 Å². The molecule has 2 N–H and O–H groups in total. The number of unbranched alkanes of at least 4 members (excludes halogenated alkanes) is 2. The molecule has 0 atom stereocenters. The van der Waals surface area contributed by atoms with E-state index in [9.17, 15) is 9.59 Å². The molecule has 0 saturated heterocycles. The van der Waals surface area contributed by atoms with Gasteiger partial charge in [0.2, 0.25) is 0 Å². The summed E-state index contributed by atoms with van der Waals surface area (Å²) in [5.74, 6) is -2.84. The Kier molecular flexibility index (Phi) is 5.33. The van der Waals surface area contributed by atoms with E-state index < -0.39 is 23.3 Å². The standard InChI is InChI=1S/C11H20O4/c1-4-5-6-7-11(8(2)3,9(12)13)10(14)15/h8H,4-7H2,1-3H3,(H,12,13)(H,14,15). The van der Waals surface area contributed by atoms with Crippen LogP contribution in [-0.2, 0) is 9.59 Å². The summed E-state index contributed by atoms with van der Waals surface area (Å²) in [5, 5.41) is 18.2. The Morgan fingerprint density at radius 1 is 1.13 bits per heavy atom. The predicted octanol–water partition coefficient (Wildman–Crippen LogP) is 2.38. The summed E-state index contributed by atoms with van der Waals surface area (Å²) in [6.07, 6.45) is 2.68. The monoisotopic (exact) mass is 216 g/mol. The van der Waals surface area contributed by atoms with Gasteiger partial charge in [0.25, 0.3) is 0 Å². The van der Waals surface area contributed by atoms with E-state index >= 15 is 0 Å². The zero-order valence-electron chi connectivity index (χ0n) is 9.62. The summed E-state index contributed by atoms with van der Waals surface area (Å²) in [5.41, 5.74) is -1.62. The maximum atomic E-state index is 11.1. The fraction of sp³-hybridized carbons (Fsp3) is 0.818. The second-order valence-corrected chi connectivity index (χ2v) is 4.19. The van der Waals surface area contributed by atoms with E-state index in [2.05, 4.69) is 0 Å². The molecule has 0 aromatic rings. The molecule has 0 rings (SSSR count). The maximum absolute atomic E-state index is 11.1. The third-order valence-electron chi connectivity index (χ3n) is 2.92. The molecule has 0 bridgehead atoms. The minimum absolute atomic E-state index is 0.211. The van der Waals surface area contributed by atoms with Gasteiger partial charge in [-0.1, -0.05) is 40.0 Å². The number of aliphatic carboxylic acids is 2. The van der Waals surface area contributed by atoms with Gasteiger partial charge in [-0.3, -0.25) is 9.59 Å². The summed E-state index contributed by atoms with van der Waals surface area (Å²) in [4.78, 5) is 22.2. The van der Waals surface area contributed by atoms with Crippen molar-refractivity contribution in [2.45, 2.75) is 46.5 Å². The summed E-state index contributed by atoms with van der Waals surface area (Å²) in [7, 11) is 0. The molecule has 0 saturated carbocycles. The van der Waals surface area contributed by atoms with Crippen LogP contribution in [0.15, 0.2) is 0 Å². The molecule has 4 heteroatoms. The van der Waals surface area contributed by atoms with E-state index in [0.29, 0.717) is 6.42 Å². The molecule has 0 spiro atoms. The van der Waals surface area contributed by atoms with Crippen molar-refractivity contribution in [2.75, 3.05) is 0 Å². The summed E-state index contributed by atoms with van der Waals surface area (Å²) >= 11 is 0. The fourth-order valence-corrected chi connectivity index (χ4v) is 1.74. The quantitative estimate of drug-likeness (QED) is 0.506. The highest BCUT2D eigenvalue weighted by atomic mass is 16.4. The molecule has 0 fully saturated rings. The molecule has 4 nitrogen and oxygen atoms in total. The van der Waals surface area contributed by atoms with Crippen LogP contribution in [0.3, 0.4) is 0 Å². The average molecular weight is 216 g/mol. The van der Waals surface area contributed by atoms with Crippen molar-refractivity contribution in [1.29, 1.82) is 0 Å². The molecule has 0 aliphatic rings. The number of carboxylic acid groups (broad SMARTS) is 2. The van der Waals surface area contributed by atoms with Crippen LogP contribution in [0.5, 0.6) is 0 Å². The number of carbonyl (C=O) groups is 2. The zero-order valence-corrected chi connectivity index (χ0v) is 9.62. The average Bonchev–Trinajstić information content (AvgIpc) is 2.10. The van der Waals surface area contributed by atoms with E-state index in [1.165, 1.54) is 0 Å². The van der Waals surface area contributed by atoms with Crippen molar-refractivity contribution >= 4 is 11.9 Å². The Balaban J connectivity index is 4.81. The first-order valence-electron chi connectivity index (χ1n) is 5.36. The van der Waals surface area contributed by atoms with Crippen molar-refractivity contribution in [3.8, 4) is 0 Å². The maximum Gasteiger partial charge on any atom is 0.321 e. The molecular weight excluding hydrogens is 196 g/mol. The number of rotatable bonds is 7. The van der Waals surface area contributed by atoms with Gasteiger partial charge in [-0.05, 0) is 12.3 Å². The van der Waals surface area contributed by atoms with E-state index in [0.717, 1.165) is 12.8 Å². The first-order chi connectivity index (χ1) is 6.89. The number of hydrogen-bond donors (Lipinski definition) is 2.